The molecule has 0 heterocycles. The molecule has 5 heteroatoms. The van der Waals surface area contributed by atoms with Crippen molar-refractivity contribution in [2.75, 3.05) is 12.0 Å². The molecular formula is C17H18N2OS2. The summed E-state index contributed by atoms with van der Waals surface area (Å²) in [5.41, 5.74) is 4.72. The Bertz CT molecular complexity index is 637. The van der Waals surface area contributed by atoms with Gasteiger partial charge in [0.25, 0.3) is 0 Å². The SMILES string of the molecule is CSc1ccc(/C=N\NC(=O)CSc2ccc(C)cc2)cc1. The molecule has 1 N–H and O–H groups in total. The van der Waals surface area contributed by atoms with E-state index in [-0.39, 0.29) is 5.91 Å². The predicted molar refractivity (Wildman–Crippen MR) is 95.9 cm³/mol. The summed E-state index contributed by atoms with van der Waals surface area (Å²) in [6, 6.07) is 16.1. The van der Waals surface area contributed by atoms with Gasteiger partial charge in [-0.15, -0.1) is 23.5 Å². The van der Waals surface area contributed by atoms with Crippen molar-refractivity contribution in [1.29, 1.82) is 0 Å². The quantitative estimate of drug-likeness (QED) is 0.495. The lowest BCUT2D eigenvalue weighted by Gasteiger charge is -2.01. The minimum absolute atomic E-state index is 0.109. The van der Waals surface area contributed by atoms with Crippen molar-refractivity contribution in [3.8, 4) is 0 Å². The molecule has 0 aliphatic carbocycles. The average molecular weight is 330 g/mol. The van der Waals surface area contributed by atoms with Crippen LogP contribution in [0.25, 0.3) is 0 Å². The summed E-state index contributed by atoms with van der Waals surface area (Å²) >= 11 is 3.19. The molecule has 0 atom stereocenters. The highest BCUT2D eigenvalue weighted by Gasteiger charge is 2.01. The maximum atomic E-state index is 11.7. The van der Waals surface area contributed by atoms with E-state index in [0.717, 1.165) is 10.5 Å². The maximum Gasteiger partial charge on any atom is 0.250 e. The molecule has 0 radical (unpaired) electrons. The third-order valence-electron chi connectivity index (χ3n) is 2.91. The lowest BCUT2D eigenvalue weighted by atomic mass is 10.2. The minimum Gasteiger partial charge on any atom is -0.272 e. The zero-order valence-electron chi connectivity index (χ0n) is 12.6. The van der Waals surface area contributed by atoms with Crippen LogP contribution < -0.4 is 5.43 Å². The van der Waals surface area contributed by atoms with Crippen molar-refractivity contribution < 1.29 is 4.79 Å². The minimum atomic E-state index is -0.109. The summed E-state index contributed by atoms with van der Waals surface area (Å²) in [4.78, 5) is 14.0. The number of nitrogens with one attached hydrogen (secondary N) is 1. The second-order valence-corrected chi connectivity index (χ2v) is 6.60. The first-order chi connectivity index (χ1) is 10.7. The third kappa shape index (κ3) is 5.58. The van der Waals surface area contributed by atoms with Crippen LogP contribution >= 0.6 is 23.5 Å². The molecule has 0 saturated heterocycles. The number of carbonyl (C=O) groups excluding carboxylic acids is 1. The summed E-state index contributed by atoms with van der Waals surface area (Å²) < 4.78 is 0. The van der Waals surface area contributed by atoms with Crippen molar-refractivity contribution in [1.82, 2.24) is 5.43 Å². The number of amides is 1. The van der Waals surface area contributed by atoms with E-state index in [1.165, 1.54) is 22.2 Å². The van der Waals surface area contributed by atoms with Crippen LogP contribution in [0.5, 0.6) is 0 Å². The van der Waals surface area contributed by atoms with Crippen molar-refractivity contribution in [2.24, 2.45) is 5.10 Å². The lowest BCUT2D eigenvalue weighted by molar-refractivity contribution is -0.118. The topological polar surface area (TPSA) is 41.5 Å². The number of hydrogen-bond donors (Lipinski definition) is 1. The standard InChI is InChI=1S/C17H18N2OS2/c1-13-3-7-16(8-4-13)22-12-17(20)19-18-11-14-5-9-15(21-2)10-6-14/h3-11H,12H2,1-2H3,(H,19,20)/b18-11-. The molecule has 0 bridgehead atoms. The molecule has 0 aliphatic heterocycles. The van der Waals surface area contributed by atoms with Gasteiger partial charge in [0.15, 0.2) is 0 Å². The monoisotopic (exact) mass is 330 g/mol. The zero-order valence-corrected chi connectivity index (χ0v) is 14.2. The van der Waals surface area contributed by atoms with Crippen LogP contribution in [0.3, 0.4) is 0 Å². The van der Waals surface area contributed by atoms with Crippen LogP contribution in [-0.2, 0) is 4.79 Å². The average Bonchev–Trinajstić information content (AvgIpc) is 2.55. The molecule has 2 rings (SSSR count). The van der Waals surface area contributed by atoms with Gasteiger partial charge in [0, 0.05) is 9.79 Å². The van der Waals surface area contributed by atoms with Crippen LogP contribution in [0, 0.1) is 6.92 Å². The Labute approximate surface area is 139 Å². The molecule has 0 spiro atoms. The Morgan fingerprint density at radius 3 is 2.36 bits per heavy atom. The van der Waals surface area contributed by atoms with Crippen molar-refractivity contribution in [2.45, 2.75) is 16.7 Å². The summed E-state index contributed by atoms with van der Waals surface area (Å²) in [5.74, 6) is 0.244. The molecule has 0 aromatic heterocycles. The fraction of sp³-hybridized carbons (Fsp3) is 0.176. The number of rotatable bonds is 6. The van der Waals surface area contributed by atoms with E-state index in [1.54, 1.807) is 18.0 Å². The van der Waals surface area contributed by atoms with Gasteiger partial charge in [0.2, 0.25) is 5.91 Å². The summed E-state index contributed by atoms with van der Waals surface area (Å²) in [6.07, 6.45) is 3.69. The zero-order chi connectivity index (χ0) is 15.8. The largest absolute Gasteiger partial charge is 0.272 e. The first kappa shape index (κ1) is 16.6. The fourth-order valence-electron chi connectivity index (χ4n) is 1.68. The summed E-state index contributed by atoms with van der Waals surface area (Å²) in [5, 5.41) is 3.98. The van der Waals surface area contributed by atoms with Gasteiger partial charge in [0.05, 0.1) is 12.0 Å². The van der Waals surface area contributed by atoms with Gasteiger partial charge < -0.3 is 0 Å². The molecule has 1 amide bonds. The molecule has 0 unspecified atom stereocenters. The van der Waals surface area contributed by atoms with E-state index in [9.17, 15) is 4.79 Å². The molecule has 0 aliphatic rings. The number of carbonyl (C=O) groups is 1. The Balaban J connectivity index is 1.76. The Hall–Kier alpha value is -1.72. The van der Waals surface area contributed by atoms with Gasteiger partial charge in [-0.2, -0.15) is 5.10 Å². The molecule has 0 fully saturated rings. The molecule has 2 aromatic rings. The van der Waals surface area contributed by atoms with Crippen molar-refractivity contribution in [3.05, 3.63) is 59.7 Å². The fourth-order valence-corrected chi connectivity index (χ4v) is 2.78. The lowest BCUT2D eigenvalue weighted by Crippen LogP contribution is -2.19. The summed E-state index contributed by atoms with van der Waals surface area (Å²) in [7, 11) is 0. The molecular weight excluding hydrogens is 312 g/mol. The van der Waals surface area contributed by atoms with Crippen LogP contribution in [0.2, 0.25) is 0 Å². The van der Waals surface area contributed by atoms with E-state index in [2.05, 4.69) is 10.5 Å². The molecule has 0 saturated carbocycles. The second kappa shape index (κ2) is 8.66. The van der Waals surface area contributed by atoms with E-state index in [1.807, 2.05) is 61.7 Å². The first-order valence-electron chi connectivity index (χ1n) is 6.83. The number of nitrogens with zero attached hydrogens (tertiary/aromatic N) is 1. The molecule has 3 nitrogen and oxygen atoms in total. The molecule has 22 heavy (non-hydrogen) atoms. The summed E-state index contributed by atoms with van der Waals surface area (Å²) in [6.45, 7) is 2.04. The van der Waals surface area contributed by atoms with E-state index >= 15 is 0 Å². The first-order valence-corrected chi connectivity index (χ1v) is 9.04. The van der Waals surface area contributed by atoms with Gasteiger partial charge in [-0.25, -0.2) is 5.43 Å². The van der Waals surface area contributed by atoms with E-state index < -0.39 is 0 Å². The van der Waals surface area contributed by atoms with Crippen LogP contribution in [0.1, 0.15) is 11.1 Å². The Kier molecular flexibility index (Phi) is 6.55. The van der Waals surface area contributed by atoms with Gasteiger partial charge in [-0.3, -0.25) is 4.79 Å². The smallest absolute Gasteiger partial charge is 0.250 e. The van der Waals surface area contributed by atoms with Crippen molar-refractivity contribution >= 4 is 35.6 Å². The second-order valence-electron chi connectivity index (χ2n) is 4.67. The molecule has 2 aromatic carbocycles. The number of benzene rings is 2. The highest BCUT2D eigenvalue weighted by atomic mass is 32.2. The van der Waals surface area contributed by atoms with E-state index in [4.69, 9.17) is 0 Å². The maximum absolute atomic E-state index is 11.7. The van der Waals surface area contributed by atoms with Crippen LogP contribution in [-0.4, -0.2) is 24.1 Å². The third-order valence-corrected chi connectivity index (χ3v) is 4.67. The van der Waals surface area contributed by atoms with Crippen LogP contribution in [0.15, 0.2) is 63.4 Å². The predicted octanol–water partition coefficient (Wildman–Crippen LogP) is 3.96. The number of hydrazone groups is 1. The van der Waals surface area contributed by atoms with Crippen molar-refractivity contribution in [3.63, 3.8) is 0 Å². The Morgan fingerprint density at radius 1 is 1.09 bits per heavy atom. The van der Waals surface area contributed by atoms with Gasteiger partial charge >= 0.3 is 0 Å². The van der Waals surface area contributed by atoms with Gasteiger partial charge in [0.1, 0.15) is 0 Å². The van der Waals surface area contributed by atoms with Gasteiger partial charge in [-0.1, -0.05) is 29.8 Å². The van der Waals surface area contributed by atoms with Gasteiger partial charge in [-0.05, 0) is 43.0 Å². The highest BCUT2D eigenvalue weighted by Crippen LogP contribution is 2.17. The number of thioether (sulfide) groups is 2. The Morgan fingerprint density at radius 2 is 1.73 bits per heavy atom. The van der Waals surface area contributed by atoms with E-state index in [0.29, 0.717) is 5.75 Å². The van der Waals surface area contributed by atoms with Crippen LogP contribution in [0.4, 0.5) is 0 Å². The molecule has 114 valence electrons. The number of aryl methyl sites for hydroxylation is 1. The highest BCUT2D eigenvalue weighted by molar-refractivity contribution is 8.00. The number of hydrogen-bond acceptors (Lipinski definition) is 4. The normalized spacial score (nSPS) is 10.8.